The molecule has 0 bridgehead atoms. The highest BCUT2D eigenvalue weighted by atomic mass is 16.3. The van der Waals surface area contributed by atoms with Gasteiger partial charge in [0.15, 0.2) is 12.4 Å². The molecule has 0 unspecified atom stereocenters. The molecule has 0 N–H and O–H groups in total. The van der Waals surface area contributed by atoms with Crippen LogP contribution in [0.2, 0.25) is 0 Å². The summed E-state index contributed by atoms with van der Waals surface area (Å²) >= 11 is 0. The monoisotopic (exact) mass is 287 g/mol. The van der Waals surface area contributed by atoms with E-state index in [1.165, 1.54) is 10.6 Å². The Hall–Kier alpha value is -2.14. The van der Waals surface area contributed by atoms with Crippen molar-refractivity contribution in [1.29, 1.82) is 0 Å². The molecule has 0 aliphatic carbocycles. The molecule has 112 valence electrons. The Kier molecular flexibility index (Phi) is 4.75. The summed E-state index contributed by atoms with van der Waals surface area (Å²) in [5.74, 6) is -0.227. The van der Waals surface area contributed by atoms with E-state index >= 15 is 0 Å². The minimum atomic E-state index is -0.227. The van der Waals surface area contributed by atoms with E-state index in [0.29, 0.717) is 17.8 Å². The number of hydrogen-bond donors (Lipinski definition) is 0. The molecule has 21 heavy (non-hydrogen) atoms. The third-order valence-corrected chi connectivity index (χ3v) is 3.39. The van der Waals surface area contributed by atoms with E-state index in [1.54, 1.807) is 11.5 Å². The Balaban J connectivity index is 2.41. The van der Waals surface area contributed by atoms with E-state index in [1.807, 2.05) is 49.6 Å². The van der Waals surface area contributed by atoms with Crippen molar-refractivity contribution in [3.8, 4) is 11.6 Å². The molecule has 2 aromatic heterocycles. The molecule has 2 aromatic rings. The van der Waals surface area contributed by atoms with Crippen LogP contribution in [0.15, 0.2) is 41.5 Å². The Morgan fingerprint density at radius 2 is 1.90 bits per heavy atom. The van der Waals surface area contributed by atoms with E-state index in [0.717, 1.165) is 13.0 Å². The summed E-state index contributed by atoms with van der Waals surface area (Å²) in [7, 11) is 3.95. The average molecular weight is 287 g/mol. The van der Waals surface area contributed by atoms with Gasteiger partial charge in [-0.3, -0.25) is 4.79 Å². The molecule has 0 radical (unpaired) electrons. The quantitative estimate of drug-likeness (QED) is 0.751. The number of aromatic nitrogens is 2. The summed E-state index contributed by atoms with van der Waals surface area (Å²) in [4.78, 5) is 14.1. The first kappa shape index (κ1) is 15.3. The van der Waals surface area contributed by atoms with Crippen LogP contribution in [0.3, 0.4) is 0 Å². The summed E-state index contributed by atoms with van der Waals surface area (Å²) < 4.78 is 3.09. The van der Waals surface area contributed by atoms with Crippen molar-refractivity contribution >= 4 is 0 Å². The Morgan fingerprint density at radius 1 is 1.24 bits per heavy atom. The van der Waals surface area contributed by atoms with Crippen molar-refractivity contribution in [2.45, 2.75) is 19.9 Å². The Bertz CT molecular complexity index is 663. The maximum atomic E-state index is 12.6. The van der Waals surface area contributed by atoms with Gasteiger partial charge in [-0.15, -0.1) is 0 Å². The number of pyridine rings is 2. The maximum Gasteiger partial charge on any atom is 0.250 e. The van der Waals surface area contributed by atoms with Crippen molar-refractivity contribution in [2.24, 2.45) is 0 Å². The van der Waals surface area contributed by atoms with E-state index in [-0.39, 0.29) is 11.4 Å². The zero-order chi connectivity index (χ0) is 15.4. The largest absolute Gasteiger partial charge is 0.855 e. The van der Waals surface area contributed by atoms with Gasteiger partial charge in [0.2, 0.25) is 5.69 Å². The molecule has 0 atom stereocenters. The summed E-state index contributed by atoms with van der Waals surface area (Å²) in [6.07, 6.45) is 4.40. The lowest BCUT2D eigenvalue weighted by molar-refractivity contribution is -0.601. The lowest BCUT2D eigenvalue weighted by atomic mass is 10.2. The first-order valence-corrected chi connectivity index (χ1v) is 7.03. The molecule has 0 aliphatic heterocycles. The molecule has 0 aliphatic rings. The van der Waals surface area contributed by atoms with Crippen molar-refractivity contribution in [1.82, 2.24) is 9.47 Å². The van der Waals surface area contributed by atoms with Crippen molar-refractivity contribution in [3.63, 3.8) is 0 Å². The second-order valence-corrected chi connectivity index (χ2v) is 5.41. The molecule has 2 heterocycles. The fourth-order valence-corrected chi connectivity index (χ4v) is 2.35. The van der Waals surface area contributed by atoms with Gasteiger partial charge in [-0.2, -0.15) is 4.57 Å². The first-order chi connectivity index (χ1) is 10.0. The molecule has 0 saturated carbocycles. The summed E-state index contributed by atoms with van der Waals surface area (Å²) in [5, 5.41) is 12.6. The van der Waals surface area contributed by atoms with Crippen molar-refractivity contribution < 1.29 is 9.67 Å². The van der Waals surface area contributed by atoms with Crippen LogP contribution >= 0.6 is 0 Å². The van der Waals surface area contributed by atoms with Crippen LogP contribution in [-0.4, -0.2) is 30.1 Å². The fourth-order valence-electron chi connectivity index (χ4n) is 2.35. The first-order valence-electron chi connectivity index (χ1n) is 7.03. The summed E-state index contributed by atoms with van der Waals surface area (Å²) in [5.41, 5.74) is 1.02. The highest BCUT2D eigenvalue weighted by Gasteiger charge is 2.14. The molecular formula is C16H21N3O2. The zero-order valence-corrected chi connectivity index (χ0v) is 12.7. The number of hydrogen-bond acceptors (Lipinski definition) is 3. The van der Waals surface area contributed by atoms with Crippen LogP contribution in [0, 0.1) is 6.92 Å². The number of aryl methyl sites for hydroxylation is 1. The topological polar surface area (TPSA) is 52.2 Å². The van der Waals surface area contributed by atoms with Crippen LogP contribution in [0.5, 0.6) is 5.88 Å². The molecule has 0 amide bonds. The van der Waals surface area contributed by atoms with E-state index in [4.69, 9.17) is 0 Å². The number of nitrogens with zero attached hydrogens (tertiary/aromatic N) is 3. The predicted molar refractivity (Wildman–Crippen MR) is 79.6 cm³/mol. The van der Waals surface area contributed by atoms with Crippen LogP contribution in [0.1, 0.15) is 12.0 Å². The van der Waals surface area contributed by atoms with Gasteiger partial charge in [0, 0.05) is 36.2 Å². The maximum absolute atomic E-state index is 12.6. The van der Waals surface area contributed by atoms with Gasteiger partial charge in [0.1, 0.15) is 0 Å². The SMILES string of the molecule is Cc1cc(=O)n(CCCN(C)C)c([O-])c1-[n+]1ccccc1. The minimum Gasteiger partial charge on any atom is -0.855 e. The summed E-state index contributed by atoms with van der Waals surface area (Å²) in [6, 6.07) is 7.15. The second-order valence-electron chi connectivity index (χ2n) is 5.41. The predicted octanol–water partition coefficient (Wildman–Crippen LogP) is 0.459. The highest BCUT2D eigenvalue weighted by Crippen LogP contribution is 2.16. The second kappa shape index (κ2) is 6.54. The van der Waals surface area contributed by atoms with Gasteiger partial charge in [0.25, 0.3) is 5.56 Å². The van der Waals surface area contributed by atoms with Gasteiger partial charge < -0.3 is 14.6 Å². The molecule has 0 fully saturated rings. The smallest absolute Gasteiger partial charge is 0.250 e. The Morgan fingerprint density at radius 3 is 2.52 bits per heavy atom. The minimum absolute atomic E-state index is 0.225. The van der Waals surface area contributed by atoms with Crippen molar-refractivity contribution in [3.05, 3.63) is 52.6 Å². The molecule has 5 heteroatoms. The van der Waals surface area contributed by atoms with Crippen LogP contribution in [0.25, 0.3) is 5.69 Å². The van der Waals surface area contributed by atoms with Gasteiger partial charge in [-0.25, -0.2) is 0 Å². The van der Waals surface area contributed by atoms with E-state index in [2.05, 4.69) is 0 Å². The van der Waals surface area contributed by atoms with Gasteiger partial charge in [0.05, 0.1) is 0 Å². The van der Waals surface area contributed by atoms with E-state index in [9.17, 15) is 9.90 Å². The number of rotatable bonds is 5. The van der Waals surface area contributed by atoms with Gasteiger partial charge >= 0.3 is 0 Å². The zero-order valence-electron chi connectivity index (χ0n) is 12.7. The normalized spacial score (nSPS) is 11.0. The third kappa shape index (κ3) is 3.49. The molecule has 2 rings (SSSR count). The van der Waals surface area contributed by atoms with E-state index < -0.39 is 0 Å². The Labute approximate surface area is 124 Å². The molecule has 0 saturated heterocycles. The molecule has 0 spiro atoms. The van der Waals surface area contributed by atoms with Gasteiger partial charge in [-0.05, 0) is 34.0 Å². The molecule has 5 nitrogen and oxygen atoms in total. The van der Waals surface area contributed by atoms with Crippen LogP contribution in [-0.2, 0) is 6.54 Å². The lowest BCUT2D eigenvalue weighted by Crippen LogP contribution is -2.36. The standard InChI is InChI=1S/C16H21N3O2/c1-13-12-14(20)19(11-7-8-17(2)3)16(21)15(13)18-9-5-4-6-10-18/h4-6,9-10,12H,7-8,11H2,1-3H3. The fraction of sp³-hybridized carbons (Fsp3) is 0.375. The lowest BCUT2D eigenvalue weighted by Gasteiger charge is -2.19. The van der Waals surface area contributed by atoms with Crippen LogP contribution in [0.4, 0.5) is 0 Å². The molecule has 0 aromatic carbocycles. The summed E-state index contributed by atoms with van der Waals surface area (Å²) in [6.45, 7) is 3.08. The molecular weight excluding hydrogens is 266 g/mol. The van der Waals surface area contributed by atoms with Gasteiger partial charge in [-0.1, -0.05) is 6.07 Å². The van der Waals surface area contributed by atoms with Crippen molar-refractivity contribution in [2.75, 3.05) is 20.6 Å². The van der Waals surface area contributed by atoms with Crippen LogP contribution < -0.4 is 15.2 Å². The average Bonchev–Trinajstić information content (AvgIpc) is 2.43. The third-order valence-electron chi connectivity index (χ3n) is 3.39. The highest BCUT2D eigenvalue weighted by molar-refractivity contribution is 5.40.